The Balaban J connectivity index is -0.000000605. The largest absolute Gasteiger partial charge is 0.542 e. The zero-order valence-electron chi connectivity index (χ0n) is 7.25. The molecule has 2 unspecified atom stereocenters. The SMILES string of the molecule is [CH2-]OC(C(=O)O)C(O[CH2-])C(=O)O.[Y].[Y]. The van der Waals surface area contributed by atoms with E-state index in [0.29, 0.717) is 0 Å². The standard InChI is InChI=1S/C6H8O6.2Y/c1-11-3(5(7)8)4(12-2)6(9)10;;/h3-4H,1-2H2,(H,7,8)(H,9,10);;/q-2;;. The van der Waals surface area contributed by atoms with Crippen molar-refractivity contribution in [2.24, 2.45) is 0 Å². The maximum atomic E-state index is 10.3. The summed E-state index contributed by atoms with van der Waals surface area (Å²) in [5.41, 5.74) is 0. The molecule has 14 heavy (non-hydrogen) atoms. The van der Waals surface area contributed by atoms with Crippen molar-refractivity contribution in [3.8, 4) is 0 Å². The van der Waals surface area contributed by atoms with Crippen molar-refractivity contribution in [2.75, 3.05) is 0 Å². The van der Waals surface area contributed by atoms with Gasteiger partial charge in [0.15, 0.2) is 12.2 Å². The van der Waals surface area contributed by atoms with Gasteiger partial charge in [0.1, 0.15) is 0 Å². The van der Waals surface area contributed by atoms with Crippen LogP contribution in [0, 0.1) is 14.2 Å². The molecule has 0 saturated heterocycles. The first-order valence-corrected chi connectivity index (χ1v) is 2.81. The van der Waals surface area contributed by atoms with E-state index in [-0.39, 0.29) is 65.4 Å². The number of hydrogen-bond acceptors (Lipinski definition) is 4. The molecule has 0 aliphatic carbocycles. The van der Waals surface area contributed by atoms with E-state index in [9.17, 15) is 9.59 Å². The molecule has 0 heterocycles. The van der Waals surface area contributed by atoms with Gasteiger partial charge in [-0.2, -0.15) is 0 Å². The van der Waals surface area contributed by atoms with Crippen LogP contribution in [0.15, 0.2) is 0 Å². The maximum Gasteiger partial charge on any atom is 0.333 e. The minimum Gasteiger partial charge on any atom is -0.542 e. The topological polar surface area (TPSA) is 93.1 Å². The van der Waals surface area contributed by atoms with Crippen LogP contribution in [0.2, 0.25) is 0 Å². The van der Waals surface area contributed by atoms with Crippen LogP contribution in [-0.4, -0.2) is 34.4 Å². The number of carboxylic acids is 2. The Labute approximate surface area is 131 Å². The van der Waals surface area contributed by atoms with Gasteiger partial charge in [-0.3, -0.25) is 0 Å². The Bertz CT molecular complexity index is 165. The Morgan fingerprint density at radius 3 is 1.21 bits per heavy atom. The molecule has 0 aliphatic rings. The third-order valence-corrected chi connectivity index (χ3v) is 1.12. The molecule has 0 aliphatic heterocycles. The number of hydrogen-bond donors (Lipinski definition) is 2. The van der Waals surface area contributed by atoms with E-state index < -0.39 is 24.1 Å². The molecule has 8 heteroatoms. The number of rotatable bonds is 5. The number of aliphatic carboxylic acids is 2. The first kappa shape index (κ1) is 20.5. The summed E-state index contributed by atoms with van der Waals surface area (Å²) in [6.07, 6.45) is -3.31. The van der Waals surface area contributed by atoms with Crippen LogP contribution in [0.4, 0.5) is 0 Å². The van der Waals surface area contributed by atoms with Gasteiger partial charge in [0.2, 0.25) is 0 Å². The van der Waals surface area contributed by atoms with Gasteiger partial charge in [-0.15, -0.1) is 0 Å². The average Bonchev–Trinajstić information content (AvgIpc) is 1.98. The van der Waals surface area contributed by atoms with Gasteiger partial charge < -0.3 is 19.7 Å². The molecule has 2 atom stereocenters. The summed E-state index contributed by atoms with van der Waals surface area (Å²) in [6, 6.07) is 0. The van der Waals surface area contributed by atoms with E-state index in [1.165, 1.54) is 0 Å². The fraction of sp³-hybridized carbons (Fsp3) is 0.333. The third kappa shape index (κ3) is 6.53. The minimum absolute atomic E-state index is 0. The van der Waals surface area contributed by atoms with E-state index in [0.717, 1.165) is 0 Å². The van der Waals surface area contributed by atoms with Crippen LogP contribution >= 0.6 is 0 Å². The molecule has 0 aromatic carbocycles. The molecule has 0 bridgehead atoms. The quantitative estimate of drug-likeness (QED) is 0.647. The van der Waals surface area contributed by atoms with Crippen LogP contribution in [0.1, 0.15) is 0 Å². The summed E-state index contributed by atoms with van der Waals surface area (Å²) in [6.45, 7) is 0. The predicted octanol–water partition coefficient (Wildman–Crippen LogP) is -0.496. The first-order valence-electron chi connectivity index (χ1n) is 2.81. The summed E-state index contributed by atoms with van der Waals surface area (Å²) >= 11 is 0. The second kappa shape index (κ2) is 10.6. The maximum absolute atomic E-state index is 10.3. The fourth-order valence-corrected chi connectivity index (χ4v) is 0.576. The second-order valence-corrected chi connectivity index (χ2v) is 1.85. The Hall–Kier alpha value is 1.07. The zero-order valence-corrected chi connectivity index (χ0v) is 12.9. The van der Waals surface area contributed by atoms with E-state index in [1.54, 1.807) is 0 Å². The molecule has 0 amide bonds. The van der Waals surface area contributed by atoms with Gasteiger partial charge >= 0.3 is 11.9 Å². The number of carbonyl (C=O) groups is 2. The molecule has 0 aromatic heterocycles. The molecule has 0 rings (SSSR count). The van der Waals surface area contributed by atoms with Crippen LogP contribution in [-0.2, 0) is 84.5 Å². The van der Waals surface area contributed by atoms with Crippen LogP contribution in [0.25, 0.3) is 0 Å². The average molecular weight is 354 g/mol. The molecule has 0 aromatic rings. The number of ether oxygens (including phenoxy) is 2. The van der Waals surface area contributed by atoms with Gasteiger partial charge in [-0.25, -0.2) is 23.8 Å². The minimum atomic E-state index is -1.65. The molecular formula is C6H8O6Y2-2. The van der Waals surface area contributed by atoms with Crippen molar-refractivity contribution in [3.63, 3.8) is 0 Å². The summed E-state index contributed by atoms with van der Waals surface area (Å²) in [7, 11) is 5.61. The van der Waals surface area contributed by atoms with E-state index >= 15 is 0 Å². The van der Waals surface area contributed by atoms with Crippen molar-refractivity contribution in [1.82, 2.24) is 0 Å². The summed E-state index contributed by atoms with van der Waals surface area (Å²) < 4.78 is 8.26. The molecule has 6 nitrogen and oxygen atoms in total. The second-order valence-electron chi connectivity index (χ2n) is 1.85. The van der Waals surface area contributed by atoms with E-state index in [1.807, 2.05) is 0 Å². The molecule has 0 fully saturated rings. The van der Waals surface area contributed by atoms with E-state index in [2.05, 4.69) is 23.7 Å². The van der Waals surface area contributed by atoms with Gasteiger partial charge in [-0.05, 0) is 0 Å². The molecule has 76 valence electrons. The van der Waals surface area contributed by atoms with Gasteiger partial charge in [-0.1, -0.05) is 0 Å². The van der Waals surface area contributed by atoms with Crippen molar-refractivity contribution in [3.05, 3.63) is 14.2 Å². The van der Waals surface area contributed by atoms with Crippen LogP contribution in [0.3, 0.4) is 0 Å². The zero-order chi connectivity index (χ0) is 9.72. The monoisotopic (exact) mass is 354 g/mol. The Morgan fingerprint density at radius 2 is 1.14 bits per heavy atom. The van der Waals surface area contributed by atoms with Gasteiger partial charge in [0.25, 0.3) is 0 Å². The summed E-state index contributed by atoms with van der Waals surface area (Å²) in [4.78, 5) is 20.6. The van der Waals surface area contributed by atoms with Crippen molar-refractivity contribution < 1.29 is 94.7 Å². The summed E-state index contributed by atoms with van der Waals surface area (Å²) in [5.74, 6) is -2.94. The Kier molecular flexibility index (Phi) is 15.5. The van der Waals surface area contributed by atoms with Crippen molar-refractivity contribution in [2.45, 2.75) is 12.2 Å². The third-order valence-electron chi connectivity index (χ3n) is 1.12. The Morgan fingerprint density at radius 1 is 0.929 bits per heavy atom. The smallest absolute Gasteiger partial charge is 0.333 e. The molecule has 0 spiro atoms. The fourth-order valence-electron chi connectivity index (χ4n) is 0.576. The summed E-state index contributed by atoms with van der Waals surface area (Å²) in [5, 5.41) is 16.8. The molecule has 2 N–H and O–H groups in total. The van der Waals surface area contributed by atoms with Gasteiger partial charge in [0.05, 0.1) is 0 Å². The molecular weight excluding hydrogens is 346 g/mol. The first-order chi connectivity index (χ1) is 5.54. The van der Waals surface area contributed by atoms with Crippen LogP contribution < -0.4 is 0 Å². The van der Waals surface area contributed by atoms with Crippen molar-refractivity contribution in [1.29, 1.82) is 0 Å². The van der Waals surface area contributed by atoms with Gasteiger partial charge in [0, 0.05) is 65.4 Å². The molecule has 2 radical (unpaired) electrons. The van der Waals surface area contributed by atoms with E-state index in [4.69, 9.17) is 10.2 Å². The number of carboxylic acid groups (broad SMARTS) is 2. The van der Waals surface area contributed by atoms with Crippen molar-refractivity contribution >= 4 is 11.9 Å². The normalized spacial score (nSPS) is 13.0. The van der Waals surface area contributed by atoms with Crippen LogP contribution in [0.5, 0.6) is 0 Å². The predicted molar refractivity (Wildman–Crippen MR) is 35.7 cm³/mol. The molecule has 0 saturated carbocycles.